The lowest BCUT2D eigenvalue weighted by molar-refractivity contribution is -0.131. The van der Waals surface area contributed by atoms with Crippen LogP contribution in [0, 0.1) is 0 Å². The van der Waals surface area contributed by atoms with Crippen molar-refractivity contribution in [2.24, 2.45) is 0 Å². The molecule has 124 valence electrons. The Bertz CT molecular complexity index is 576. The molecule has 6 heteroatoms. The highest BCUT2D eigenvalue weighted by Crippen LogP contribution is 2.27. The van der Waals surface area contributed by atoms with E-state index in [1.165, 1.54) is 10.5 Å². The van der Waals surface area contributed by atoms with Gasteiger partial charge in [0.25, 0.3) is 0 Å². The molecule has 0 unspecified atom stereocenters. The van der Waals surface area contributed by atoms with E-state index in [1.54, 1.807) is 0 Å². The van der Waals surface area contributed by atoms with E-state index < -0.39 is 0 Å². The first-order chi connectivity index (χ1) is 11.1. The molecule has 0 bridgehead atoms. The summed E-state index contributed by atoms with van der Waals surface area (Å²) in [6.07, 6.45) is 2.78. The van der Waals surface area contributed by atoms with E-state index in [1.807, 2.05) is 29.2 Å². The number of carbonyl (C=O) groups excluding carboxylic acids is 2. The standard InChI is InChI=1S/C17H21ClN2O3/c18-15-6-4-13(5-7-15)14-3-1-2-8-19(11-14)16(21)12-20-9-10-23-17(20)22/h4-7,14H,1-3,8-12H2/t14-/m1/s1. The maximum atomic E-state index is 12.5. The van der Waals surface area contributed by atoms with Crippen molar-refractivity contribution >= 4 is 23.6 Å². The molecule has 2 fully saturated rings. The first-order valence-electron chi connectivity index (χ1n) is 8.08. The number of cyclic esters (lactones) is 1. The van der Waals surface area contributed by atoms with E-state index in [4.69, 9.17) is 16.3 Å². The molecule has 2 aliphatic heterocycles. The highest BCUT2D eigenvalue weighted by atomic mass is 35.5. The Kier molecular flexibility index (Phi) is 5.06. The van der Waals surface area contributed by atoms with Gasteiger partial charge in [-0.15, -0.1) is 0 Å². The Morgan fingerprint density at radius 1 is 1.22 bits per heavy atom. The summed E-state index contributed by atoms with van der Waals surface area (Å²) in [4.78, 5) is 27.4. The largest absolute Gasteiger partial charge is 0.448 e. The molecule has 5 nitrogen and oxygen atoms in total. The Hall–Kier alpha value is -1.75. The fraction of sp³-hybridized carbons (Fsp3) is 0.529. The van der Waals surface area contributed by atoms with Gasteiger partial charge in [0.05, 0.1) is 6.54 Å². The minimum Gasteiger partial charge on any atom is -0.448 e. The molecule has 0 aromatic heterocycles. The number of benzene rings is 1. The Morgan fingerprint density at radius 3 is 2.70 bits per heavy atom. The molecule has 1 atom stereocenters. The fourth-order valence-corrected chi connectivity index (χ4v) is 3.33. The second-order valence-electron chi connectivity index (χ2n) is 6.12. The number of hydrogen-bond donors (Lipinski definition) is 0. The number of rotatable bonds is 3. The zero-order valence-electron chi connectivity index (χ0n) is 13.0. The van der Waals surface area contributed by atoms with E-state index in [0.29, 0.717) is 25.6 Å². The van der Waals surface area contributed by atoms with Gasteiger partial charge in [0.2, 0.25) is 5.91 Å². The Labute approximate surface area is 141 Å². The van der Waals surface area contributed by atoms with Crippen molar-refractivity contribution in [2.45, 2.75) is 25.2 Å². The molecule has 0 aliphatic carbocycles. The minimum absolute atomic E-state index is 0.00436. The van der Waals surface area contributed by atoms with Crippen molar-refractivity contribution in [1.29, 1.82) is 0 Å². The monoisotopic (exact) mass is 336 g/mol. The van der Waals surface area contributed by atoms with Gasteiger partial charge in [0.15, 0.2) is 0 Å². The topological polar surface area (TPSA) is 49.9 Å². The smallest absolute Gasteiger partial charge is 0.410 e. The number of likely N-dealkylation sites (tertiary alicyclic amines) is 1. The van der Waals surface area contributed by atoms with Gasteiger partial charge >= 0.3 is 6.09 Å². The van der Waals surface area contributed by atoms with Gasteiger partial charge in [0, 0.05) is 24.0 Å². The van der Waals surface area contributed by atoms with Crippen molar-refractivity contribution < 1.29 is 14.3 Å². The van der Waals surface area contributed by atoms with Crippen LogP contribution in [0.25, 0.3) is 0 Å². The van der Waals surface area contributed by atoms with Gasteiger partial charge in [-0.2, -0.15) is 0 Å². The predicted octanol–water partition coefficient (Wildman–Crippen LogP) is 2.89. The highest BCUT2D eigenvalue weighted by Gasteiger charge is 2.28. The molecule has 1 aromatic carbocycles. The van der Waals surface area contributed by atoms with Gasteiger partial charge in [-0.25, -0.2) is 4.79 Å². The van der Waals surface area contributed by atoms with E-state index in [0.717, 1.165) is 30.8 Å². The average molecular weight is 337 g/mol. The van der Waals surface area contributed by atoms with Crippen LogP contribution in [0.2, 0.25) is 5.02 Å². The zero-order chi connectivity index (χ0) is 16.2. The number of carbonyl (C=O) groups is 2. The summed E-state index contributed by atoms with van der Waals surface area (Å²) >= 11 is 5.96. The summed E-state index contributed by atoms with van der Waals surface area (Å²) in [5, 5.41) is 0.725. The maximum absolute atomic E-state index is 12.5. The molecule has 0 N–H and O–H groups in total. The molecule has 0 spiro atoms. The van der Waals surface area contributed by atoms with Crippen molar-refractivity contribution in [2.75, 3.05) is 32.8 Å². The quantitative estimate of drug-likeness (QED) is 0.852. The number of ether oxygens (including phenoxy) is 1. The lowest BCUT2D eigenvalue weighted by Crippen LogP contribution is -2.42. The van der Waals surface area contributed by atoms with Crippen LogP contribution in [0.15, 0.2) is 24.3 Å². The van der Waals surface area contributed by atoms with E-state index in [-0.39, 0.29) is 18.5 Å². The van der Waals surface area contributed by atoms with Gasteiger partial charge in [-0.3, -0.25) is 9.69 Å². The Balaban J connectivity index is 1.65. The number of halogens is 1. The van der Waals surface area contributed by atoms with Gasteiger partial charge < -0.3 is 9.64 Å². The first kappa shape index (κ1) is 16.1. The average Bonchev–Trinajstić information content (AvgIpc) is 2.80. The van der Waals surface area contributed by atoms with E-state index in [9.17, 15) is 9.59 Å². The lowest BCUT2D eigenvalue weighted by Gasteiger charge is -2.26. The second kappa shape index (κ2) is 7.21. The molecule has 2 saturated heterocycles. The first-order valence-corrected chi connectivity index (χ1v) is 8.46. The van der Waals surface area contributed by atoms with Crippen molar-refractivity contribution in [1.82, 2.24) is 9.80 Å². The highest BCUT2D eigenvalue weighted by molar-refractivity contribution is 6.30. The van der Waals surface area contributed by atoms with Crippen molar-refractivity contribution in [3.63, 3.8) is 0 Å². The third-order valence-electron chi connectivity index (χ3n) is 4.54. The molecule has 3 rings (SSSR count). The summed E-state index contributed by atoms with van der Waals surface area (Å²) in [6, 6.07) is 7.87. The van der Waals surface area contributed by atoms with Crippen LogP contribution in [0.1, 0.15) is 30.7 Å². The molecule has 2 amide bonds. The summed E-state index contributed by atoms with van der Waals surface area (Å²) in [5.74, 6) is 0.328. The molecule has 1 aromatic rings. The third-order valence-corrected chi connectivity index (χ3v) is 4.79. The van der Waals surface area contributed by atoms with Crippen LogP contribution in [-0.4, -0.2) is 54.6 Å². The van der Waals surface area contributed by atoms with Crippen LogP contribution in [0.3, 0.4) is 0 Å². The van der Waals surface area contributed by atoms with Crippen LogP contribution >= 0.6 is 11.6 Å². The molecule has 2 aliphatic rings. The summed E-state index contributed by atoms with van der Waals surface area (Å²) < 4.78 is 4.88. The van der Waals surface area contributed by atoms with E-state index in [2.05, 4.69) is 0 Å². The maximum Gasteiger partial charge on any atom is 0.410 e. The van der Waals surface area contributed by atoms with Crippen LogP contribution < -0.4 is 0 Å². The third kappa shape index (κ3) is 3.96. The molecular weight excluding hydrogens is 316 g/mol. The van der Waals surface area contributed by atoms with Crippen LogP contribution in [0.4, 0.5) is 4.79 Å². The molecule has 0 saturated carbocycles. The fourth-order valence-electron chi connectivity index (χ4n) is 3.21. The predicted molar refractivity (Wildman–Crippen MR) is 87.5 cm³/mol. The van der Waals surface area contributed by atoms with Gasteiger partial charge in [-0.05, 0) is 30.5 Å². The molecular formula is C17H21ClN2O3. The SMILES string of the molecule is O=C(CN1CCOC1=O)N1CCCC[C@@H](c2ccc(Cl)cc2)C1. The Morgan fingerprint density at radius 2 is 2.00 bits per heavy atom. The number of nitrogens with zero attached hydrogens (tertiary/aromatic N) is 2. The molecule has 23 heavy (non-hydrogen) atoms. The second-order valence-corrected chi connectivity index (χ2v) is 6.56. The van der Waals surface area contributed by atoms with E-state index >= 15 is 0 Å². The number of amides is 2. The van der Waals surface area contributed by atoms with Crippen LogP contribution in [0.5, 0.6) is 0 Å². The number of hydrogen-bond acceptors (Lipinski definition) is 3. The van der Waals surface area contributed by atoms with Crippen LogP contribution in [-0.2, 0) is 9.53 Å². The van der Waals surface area contributed by atoms with Crippen molar-refractivity contribution in [3.05, 3.63) is 34.9 Å². The van der Waals surface area contributed by atoms with Gasteiger partial charge in [-0.1, -0.05) is 30.2 Å². The summed E-state index contributed by atoms with van der Waals surface area (Å²) in [5.41, 5.74) is 1.22. The summed E-state index contributed by atoms with van der Waals surface area (Å²) in [7, 11) is 0. The normalized spacial score (nSPS) is 22.0. The molecule has 0 radical (unpaired) electrons. The van der Waals surface area contributed by atoms with Gasteiger partial charge in [0.1, 0.15) is 13.2 Å². The van der Waals surface area contributed by atoms with Crippen molar-refractivity contribution in [3.8, 4) is 0 Å². The zero-order valence-corrected chi connectivity index (χ0v) is 13.8. The lowest BCUT2D eigenvalue weighted by atomic mass is 9.94. The summed E-state index contributed by atoms with van der Waals surface area (Å²) in [6.45, 7) is 2.44. The minimum atomic E-state index is -0.387. The molecule has 2 heterocycles.